The van der Waals surface area contributed by atoms with Gasteiger partial charge in [-0.3, -0.25) is 9.52 Å². The Morgan fingerprint density at radius 3 is 2.32 bits per heavy atom. The van der Waals surface area contributed by atoms with E-state index in [1.165, 1.54) is 30.3 Å². The summed E-state index contributed by atoms with van der Waals surface area (Å²) < 4.78 is 27.8. The third-order valence-electron chi connectivity index (χ3n) is 3.85. The first-order chi connectivity index (χ1) is 13.2. The van der Waals surface area contributed by atoms with Gasteiger partial charge in [-0.15, -0.1) is 0 Å². The van der Waals surface area contributed by atoms with Crippen molar-refractivity contribution in [3.63, 3.8) is 0 Å². The average Bonchev–Trinajstić information content (AvgIpc) is 2.64. The maximum Gasteiger partial charge on any atom is 0.261 e. The van der Waals surface area contributed by atoms with Gasteiger partial charge < -0.3 is 5.32 Å². The maximum absolute atomic E-state index is 12.7. The summed E-state index contributed by atoms with van der Waals surface area (Å²) in [6.07, 6.45) is 0. The van der Waals surface area contributed by atoms with E-state index in [0.717, 1.165) is 5.56 Å². The van der Waals surface area contributed by atoms with Crippen LogP contribution in [0.4, 0.5) is 11.4 Å². The summed E-state index contributed by atoms with van der Waals surface area (Å²) in [4.78, 5) is 12.5. The number of hydrogen-bond donors (Lipinski definition) is 2. The summed E-state index contributed by atoms with van der Waals surface area (Å²) in [5.41, 5.74) is 2.02. The van der Waals surface area contributed by atoms with E-state index in [2.05, 4.69) is 10.0 Å². The van der Waals surface area contributed by atoms with Crippen molar-refractivity contribution in [2.24, 2.45) is 0 Å². The lowest BCUT2D eigenvalue weighted by Crippen LogP contribution is -2.16. The molecule has 0 bridgehead atoms. The Labute approximate surface area is 173 Å². The monoisotopic (exact) mass is 434 g/mol. The molecule has 144 valence electrons. The Balaban J connectivity index is 1.82. The molecule has 2 N–H and O–H groups in total. The number of hydrogen-bond acceptors (Lipinski definition) is 3. The first-order valence-corrected chi connectivity index (χ1v) is 10.4. The molecule has 3 rings (SSSR count). The highest BCUT2D eigenvalue weighted by Crippen LogP contribution is 2.25. The molecule has 0 atom stereocenters. The molecule has 0 aliphatic rings. The molecule has 0 unspecified atom stereocenters. The van der Waals surface area contributed by atoms with E-state index in [4.69, 9.17) is 23.2 Å². The van der Waals surface area contributed by atoms with Crippen molar-refractivity contribution >= 4 is 50.5 Å². The average molecular weight is 435 g/mol. The van der Waals surface area contributed by atoms with Crippen molar-refractivity contribution in [3.05, 3.63) is 87.9 Å². The lowest BCUT2D eigenvalue weighted by molar-refractivity contribution is 0.102. The van der Waals surface area contributed by atoms with Gasteiger partial charge in [0.25, 0.3) is 15.9 Å². The number of amides is 1. The van der Waals surface area contributed by atoms with Gasteiger partial charge in [0, 0.05) is 16.9 Å². The van der Waals surface area contributed by atoms with Crippen molar-refractivity contribution in [3.8, 4) is 0 Å². The Morgan fingerprint density at radius 2 is 1.61 bits per heavy atom. The molecule has 5 nitrogen and oxygen atoms in total. The zero-order valence-corrected chi connectivity index (χ0v) is 17.1. The minimum Gasteiger partial charge on any atom is -0.322 e. The number of rotatable bonds is 5. The zero-order chi connectivity index (χ0) is 20.3. The molecule has 28 heavy (non-hydrogen) atoms. The molecule has 0 saturated heterocycles. The minimum atomic E-state index is -3.84. The fraction of sp³-hybridized carbons (Fsp3) is 0.0500. The van der Waals surface area contributed by atoms with E-state index in [1.54, 1.807) is 30.3 Å². The Bertz CT molecular complexity index is 1150. The summed E-state index contributed by atoms with van der Waals surface area (Å²) >= 11 is 11.8. The second-order valence-corrected chi connectivity index (χ2v) is 8.58. The fourth-order valence-electron chi connectivity index (χ4n) is 2.50. The van der Waals surface area contributed by atoms with Gasteiger partial charge in [0.15, 0.2) is 0 Å². The van der Waals surface area contributed by atoms with Crippen LogP contribution in [0.5, 0.6) is 0 Å². The van der Waals surface area contributed by atoms with Crippen LogP contribution in [0, 0.1) is 6.92 Å². The number of halogens is 2. The number of benzene rings is 3. The lowest BCUT2D eigenvalue weighted by atomic mass is 10.2. The Kier molecular flexibility index (Phi) is 5.93. The van der Waals surface area contributed by atoms with Crippen LogP contribution < -0.4 is 10.0 Å². The van der Waals surface area contributed by atoms with E-state index < -0.39 is 15.9 Å². The van der Waals surface area contributed by atoms with E-state index in [-0.39, 0.29) is 10.5 Å². The standard InChI is InChI=1S/C20H16Cl2N2O3S/c1-13-4-2-6-16(10-13)24-28(26,27)17-7-3-5-14(11-17)20(25)23-15-8-9-18(21)19(22)12-15/h2-12,24H,1H3,(H,23,25). The molecule has 0 aromatic heterocycles. The second-order valence-electron chi connectivity index (χ2n) is 6.09. The zero-order valence-electron chi connectivity index (χ0n) is 14.7. The van der Waals surface area contributed by atoms with Crippen molar-refractivity contribution in [2.45, 2.75) is 11.8 Å². The van der Waals surface area contributed by atoms with E-state index >= 15 is 0 Å². The molecule has 0 heterocycles. The van der Waals surface area contributed by atoms with Gasteiger partial charge in [-0.2, -0.15) is 0 Å². The highest BCUT2D eigenvalue weighted by Gasteiger charge is 2.17. The minimum absolute atomic E-state index is 0.0178. The van der Waals surface area contributed by atoms with Crippen LogP contribution >= 0.6 is 23.2 Å². The second kappa shape index (κ2) is 8.22. The molecule has 3 aromatic carbocycles. The number of anilines is 2. The number of nitrogens with one attached hydrogen (secondary N) is 2. The number of sulfonamides is 1. The van der Waals surface area contributed by atoms with Crippen LogP contribution in [0.3, 0.4) is 0 Å². The topological polar surface area (TPSA) is 75.3 Å². The van der Waals surface area contributed by atoms with Gasteiger partial charge in [-0.1, -0.05) is 41.4 Å². The Hall–Kier alpha value is -2.54. The van der Waals surface area contributed by atoms with Crippen LogP contribution in [0.15, 0.2) is 71.6 Å². The highest BCUT2D eigenvalue weighted by molar-refractivity contribution is 7.92. The third kappa shape index (κ3) is 4.84. The molecule has 8 heteroatoms. The quantitative estimate of drug-likeness (QED) is 0.567. The van der Waals surface area contributed by atoms with Crippen molar-refractivity contribution < 1.29 is 13.2 Å². The summed E-state index contributed by atoms with van der Waals surface area (Å²) in [6, 6.07) is 17.5. The third-order valence-corrected chi connectivity index (χ3v) is 5.97. The molecule has 3 aromatic rings. The van der Waals surface area contributed by atoms with E-state index in [0.29, 0.717) is 21.4 Å². The lowest BCUT2D eigenvalue weighted by Gasteiger charge is -2.10. The normalized spacial score (nSPS) is 11.1. The molecule has 0 aliphatic heterocycles. The molecule has 0 spiro atoms. The smallest absolute Gasteiger partial charge is 0.261 e. The molecule has 0 saturated carbocycles. The van der Waals surface area contributed by atoms with Gasteiger partial charge in [0.05, 0.1) is 14.9 Å². The fourth-order valence-corrected chi connectivity index (χ4v) is 3.90. The van der Waals surface area contributed by atoms with Crippen molar-refractivity contribution in [2.75, 3.05) is 10.0 Å². The van der Waals surface area contributed by atoms with Gasteiger partial charge in [-0.25, -0.2) is 8.42 Å². The molecule has 1 amide bonds. The maximum atomic E-state index is 12.7. The number of carbonyl (C=O) groups is 1. The van der Waals surface area contributed by atoms with Crippen LogP contribution in [-0.2, 0) is 10.0 Å². The van der Waals surface area contributed by atoms with Gasteiger partial charge in [0.1, 0.15) is 0 Å². The SMILES string of the molecule is Cc1cccc(NS(=O)(=O)c2cccc(C(=O)Nc3ccc(Cl)c(Cl)c3)c2)c1. The van der Waals surface area contributed by atoms with Crippen LogP contribution in [-0.4, -0.2) is 14.3 Å². The molecule has 0 aliphatic carbocycles. The first kappa shape index (κ1) is 20.2. The van der Waals surface area contributed by atoms with Crippen LogP contribution in [0.1, 0.15) is 15.9 Å². The summed E-state index contributed by atoms with van der Waals surface area (Å²) in [6.45, 7) is 1.87. The molecular formula is C20H16Cl2N2O3S. The Morgan fingerprint density at radius 1 is 0.857 bits per heavy atom. The van der Waals surface area contributed by atoms with Crippen LogP contribution in [0.2, 0.25) is 10.0 Å². The van der Waals surface area contributed by atoms with E-state index in [9.17, 15) is 13.2 Å². The number of carbonyl (C=O) groups excluding carboxylic acids is 1. The summed E-state index contributed by atoms with van der Waals surface area (Å²) in [7, 11) is -3.84. The highest BCUT2D eigenvalue weighted by atomic mass is 35.5. The number of aryl methyl sites for hydroxylation is 1. The largest absolute Gasteiger partial charge is 0.322 e. The van der Waals surface area contributed by atoms with Gasteiger partial charge >= 0.3 is 0 Å². The van der Waals surface area contributed by atoms with Gasteiger partial charge in [0.2, 0.25) is 0 Å². The van der Waals surface area contributed by atoms with Gasteiger partial charge in [-0.05, 0) is 61.0 Å². The molecule has 0 fully saturated rings. The predicted octanol–water partition coefficient (Wildman–Crippen LogP) is 5.35. The first-order valence-electron chi connectivity index (χ1n) is 8.20. The van der Waals surface area contributed by atoms with Crippen molar-refractivity contribution in [1.29, 1.82) is 0 Å². The van der Waals surface area contributed by atoms with E-state index in [1.807, 2.05) is 13.0 Å². The summed E-state index contributed by atoms with van der Waals surface area (Å²) in [5, 5.41) is 3.34. The molecular weight excluding hydrogens is 419 g/mol. The van der Waals surface area contributed by atoms with Crippen molar-refractivity contribution in [1.82, 2.24) is 0 Å². The molecule has 0 radical (unpaired) electrons. The predicted molar refractivity (Wildman–Crippen MR) is 113 cm³/mol. The summed E-state index contributed by atoms with van der Waals surface area (Å²) in [5.74, 6) is -0.467. The van der Waals surface area contributed by atoms with Crippen LogP contribution in [0.25, 0.3) is 0 Å².